The number of amides is 1. The van der Waals surface area contributed by atoms with Crippen LogP contribution in [0, 0.1) is 20.8 Å². The second-order valence-corrected chi connectivity index (χ2v) is 8.01. The first-order chi connectivity index (χ1) is 14.0. The van der Waals surface area contributed by atoms with E-state index in [9.17, 15) is 18.0 Å². The van der Waals surface area contributed by atoms with Gasteiger partial charge in [-0.1, -0.05) is 23.7 Å². The zero-order valence-electron chi connectivity index (χ0n) is 16.3. The summed E-state index contributed by atoms with van der Waals surface area (Å²) < 4.78 is 41.6. The first-order valence-corrected chi connectivity index (χ1v) is 10.0. The fourth-order valence-electron chi connectivity index (χ4n) is 3.01. The van der Waals surface area contributed by atoms with Gasteiger partial charge in [0.1, 0.15) is 6.54 Å². The highest BCUT2D eigenvalue weighted by molar-refractivity contribution is 9.10. The van der Waals surface area contributed by atoms with Crippen molar-refractivity contribution in [1.82, 2.24) is 19.6 Å². The summed E-state index contributed by atoms with van der Waals surface area (Å²) in [4.78, 5) is 12.5. The number of rotatable bonds is 5. The van der Waals surface area contributed by atoms with Crippen LogP contribution in [-0.2, 0) is 24.1 Å². The molecule has 0 aliphatic heterocycles. The van der Waals surface area contributed by atoms with E-state index in [-0.39, 0.29) is 16.7 Å². The Kier molecular flexibility index (Phi) is 6.28. The number of aryl methyl sites for hydroxylation is 1. The summed E-state index contributed by atoms with van der Waals surface area (Å²) in [5, 5.41) is 11.3. The number of hydrogen-bond donors (Lipinski definition) is 1. The van der Waals surface area contributed by atoms with Crippen molar-refractivity contribution in [3.8, 4) is 0 Å². The number of halogens is 5. The maximum absolute atomic E-state index is 13.0. The van der Waals surface area contributed by atoms with Crippen LogP contribution in [0.25, 0.3) is 0 Å². The number of alkyl halides is 3. The molecule has 0 radical (unpaired) electrons. The van der Waals surface area contributed by atoms with E-state index in [0.717, 1.165) is 15.9 Å². The van der Waals surface area contributed by atoms with Crippen LogP contribution >= 0.6 is 27.5 Å². The largest absolute Gasteiger partial charge is 0.436 e. The Balaban J connectivity index is 1.77. The Morgan fingerprint density at radius 1 is 1.17 bits per heavy atom. The first kappa shape index (κ1) is 22.4. The third-order valence-electron chi connectivity index (χ3n) is 4.56. The summed E-state index contributed by atoms with van der Waals surface area (Å²) in [6.07, 6.45) is -4.61. The minimum atomic E-state index is -4.61. The number of nitrogens with one attached hydrogen (secondary N) is 1. The molecule has 3 rings (SSSR count). The van der Waals surface area contributed by atoms with Crippen LogP contribution < -0.4 is 5.32 Å². The number of aromatic nitrogens is 4. The molecule has 1 N–H and O–H groups in total. The highest BCUT2D eigenvalue weighted by Gasteiger charge is 2.38. The molecule has 30 heavy (non-hydrogen) atoms. The molecule has 11 heteroatoms. The van der Waals surface area contributed by atoms with Gasteiger partial charge in [0.15, 0.2) is 5.69 Å². The van der Waals surface area contributed by atoms with Crippen molar-refractivity contribution in [3.05, 3.63) is 62.1 Å². The normalized spacial score (nSPS) is 11.7. The van der Waals surface area contributed by atoms with E-state index in [1.54, 1.807) is 24.6 Å². The number of anilines is 1. The molecular weight excluding hydrogens is 487 g/mol. The van der Waals surface area contributed by atoms with E-state index < -0.39 is 17.8 Å². The Labute approximate surface area is 184 Å². The van der Waals surface area contributed by atoms with Crippen molar-refractivity contribution in [1.29, 1.82) is 0 Å². The third kappa shape index (κ3) is 4.70. The Morgan fingerprint density at radius 2 is 1.87 bits per heavy atom. The fraction of sp³-hybridized carbons (Fsp3) is 0.316. The smallest absolute Gasteiger partial charge is 0.321 e. The van der Waals surface area contributed by atoms with Gasteiger partial charge in [-0.15, -0.1) is 0 Å². The van der Waals surface area contributed by atoms with E-state index in [4.69, 9.17) is 11.6 Å². The quantitative estimate of drug-likeness (QED) is 0.524. The van der Waals surface area contributed by atoms with Gasteiger partial charge in [0, 0.05) is 5.02 Å². The average Bonchev–Trinajstić information content (AvgIpc) is 3.07. The number of carbonyl (C=O) groups is 1. The standard InChI is InChI=1S/C19H18BrClF3N5O/c1-10-17(12(3)28(26-10)8-13-5-4-6-14(21)7-13)25-15(30)9-29-11(2)16(20)18(27-29)19(22,23)24/h4-7H,8-9H2,1-3H3,(H,25,30). The van der Waals surface area contributed by atoms with Gasteiger partial charge in [0.25, 0.3) is 0 Å². The molecule has 0 fully saturated rings. The van der Waals surface area contributed by atoms with Crippen LogP contribution in [0.3, 0.4) is 0 Å². The van der Waals surface area contributed by atoms with Crippen LogP contribution in [0.2, 0.25) is 5.02 Å². The predicted molar refractivity (Wildman–Crippen MR) is 111 cm³/mol. The van der Waals surface area contributed by atoms with Gasteiger partial charge in [0.05, 0.1) is 33.8 Å². The monoisotopic (exact) mass is 503 g/mol. The van der Waals surface area contributed by atoms with Crippen molar-refractivity contribution < 1.29 is 18.0 Å². The van der Waals surface area contributed by atoms with Crippen LogP contribution in [0.5, 0.6) is 0 Å². The highest BCUT2D eigenvalue weighted by Crippen LogP contribution is 2.35. The summed E-state index contributed by atoms with van der Waals surface area (Å²) >= 11 is 8.92. The molecule has 1 aromatic carbocycles. The summed E-state index contributed by atoms with van der Waals surface area (Å²) in [5.74, 6) is -0.504. The SMILES string of the molecule is Cc1nn(Cc2cccc(Cl)c2)c(C)c1NC(=O)Cn1nc(C(F)(F)F)c(Br)c1C. The molecule has 0 aliphatic rings. The molecule has 0 saturated carbocycles. The molecule has 0 unspecified atom stereocenters. The van der Waals surface area contributed by atoms with E-state index in [2.05, 4.69) is 31.4 Å². The van der Waals surface area contributed by atoms with Crippen molar-refractivity contribution >= 4 is 39.1 Å². The lowest BCUT2D eigenvalue weighted by atomic mass is 10.2. The predicted octanol–water partition coefficient (Wildman–Crippen LogP) is 5.13. The maximum atomic E-state index is 13.0. The molecule has 0 saturated heterocycles. The van der Waals surface area contributed by atoms with Crippen LogP contribution in [0.15, 0.2) is 28.7 Å². The molecule has 6 nitrogen and oxygen atoms in total. The van der Waals surface area contributed by atoms with Crippen molar-refractivity contribution in [2.24, 2.45) is 0 Å². The van der Waals surface area contributed by atoms with Crippen molar-refractivity contribution in [2.75, 3.05) is 5.32 Å². The zero-order valence-corrected chi connectivity index (χ0v) is 18.7. The van der Waals surface area contributed by atoms with Gasteiger partial charge in [-0.05, 0) is 54.4 Å². The third-order valence-corrected chi connectivity index (χ3v) is 5.75. The molecule has 0 bridgehead atoms. The maximum Gasteiger partial charge on any atom is 0.436 e. The first-order valence-electron chi connectivity index (χ1n) is 8.85. The molecule has 1 amide bonds. The molecule has 0 atom stereocenters. The Bertz CT molecular complexity index is 1110. The molecule has 3 aromatic rings. The number of carbonyl (C=O) groups excluding carboxylic acids is 1. The zero-order chi connectivity index (χ0) is 22.2. The Hall–Kier alpha value is -2.33. The minimum Gasteiger partial charge on any atom is -0.321 e. The highest BCUT2D eigenvalue weighted by atomic mass is 79.9. The number of nitrogens with zero attached hydrogens (tertiary/aromatic N) is 4. The van der Waals surface area contributed by atoms with Crippen LogP contribution in [0.4, 0.5) is 18.9 Å². The van der Waals surface area contributed by atoms with E-state index >= 15 is 0 Å². The van der Waals surface area contributed by atoms with Crippen LogP contribution in [-0.4, -0.2) is 25.5 Å². The lowest BCUT2D eigenvalue weighted by molar-refractivity contribution is -0.142. The molecule has 0 spiro atoms. The number of benzene rings is 1. The van der Waals surface area contributed by atoms with E-state index in [0.29, 0.717) is 22.9 Å². The topological polar surface area (TPSA) is 64.7 Å². The molecule has 2 aromatic heterocycles. The Morgan fingerprint density at radius 3 is 2.47 bits per heavy atom. The van der Waals surface area contributed by atoms with Gasteiger partial charge in [0.2, 0.25) is 5.91 Å². The lowest BCUT2D eigenvalue weighted by Gasteiger charge is -2.09. The average molecular weight is 505 g/mol. The van der Waals surface area contributed by atoms with Gasteiger partial charge >= 0.3 is 6.18 Å². The van der Waals surface area contributed by atoms with Gasteiger partial charge in [-0.2, -0.15) is 23.4 Å². The summed E-state index contributed by atoms with van der Waals surface area (Å²) in [5.41, 5.74) is 1.93. The minimum absolute atomic E-state index is 0.176. The lowest BCUT2D eigenvalue weighted by Crippen LogP contribution is -2.21. The van der Waals surface area contributed by atoms with E-state index in [1.807, 2.05) is 18.2 Å². The fourth-order valence-corrected chi connectivity index (χ4v) is 3.74. The van der Waals surface area contributed by atoms with Gasteiger partial charge in [-0.3, -0.25) is 14.2 Å². The van der Waals surface area contributed by atoms with Crippen molar-refractivity contribution in [2.45, 2.75) is 40.0 Å². The van der Waals surface area contributed by atoms with Gasteiger partial charge < -0.3 is 5.32 Å². The summed E-state index contributed by atoms with van der Waals surface area (Å²) in [6.45, 7) is 5.10. The summed E-state index contributed by atoms with van der Waals surface area (Å²) in [6, 6.07) is 7.35. The van der Waals surface area contributed by atoms with E-state index in [1.165, 1.54) is 6.92 Å². The van der Waals surface area contributed by atoms with Crippen molar-refractivity contribution in [3.63, 3.8) is 0 Å². The second-order valence-electron chi connectivity index (χ2n) is 6.78. The molecule has 2 heterocycles. The van der Waals surface area contributed by atoms with Gasteiger partial charge in [-0.25, -0.2) is 0 Å². The molecule has 0 aliphatic carbocycles. The second kappa shape index (κ2) is 8.43. The molecule has 160 valence electrons. The summed E-state index contributed by atoms with van der Waals surface area (Å²) in [7, 11) is 0. The number of hydrogen-bond acceptors (Lipinski definition) is 3. The molecular formula is C19H18BrClF3N5O. The van der Waals surface area contributed by atoms with Crippen LogP contribution in [0.1, 0.15) is 28.3 Å².